The van der Waals surface area contributed by atoms with Crippen molar-refractivity contribution in [3.8, 4) is 0 Å². The molecule has 0 amide bonds. The Bertz CT molecular complexity index is 428. The van der Waals surface area contributed by atoms with Gasteiger partial charge in [-0.25, -0.2) is 13.1 Å². The molecule has 15 heavy (non-hydrogen) atoms. The quantitative estimate of drug-likeness (QED) is 0.768. The van der Waals surface area contributed by atoms with Crippen molar-refractivity contribution in [1.29, 1.82) is 0 Å². The van der Waals surface area contributed by atoms with Gasteiger partial charge in [0.05, 0.1) is 4.90 Å². The summed E-state index contributed by atoms with van der Waals surface area (Å²) in [5.41, 5.74) is 5.14. The summed E-state index contributed by atoms with van der Waals surface area (Å²) in [6.07, 6.45) is 3.23. The standard InChI is InChI=1S/C9H17N3O2S/c1-9(2,10)7-11-15(13,14)8-4-5-12(3)6-8/h4-6,11H,7,10H2,1-3H3. The molecule has 1 aromatic rings. The van der Waals surface area contributed by atoms with E-state index in [4.69, 9.17) is 5.73 Å². The van der Waals surface area contributed by atoms with Crippen molar-refractivity contribution in [3.63, 3.8) is 0 Å². The van der Waals surface area contributed by atoms with Crippen LogP contribution in [0, 0.1) is 0 Å². The largest absolute Gasteiger partial charge is 0.356 e. The van der Waals surface area contributed by atoms with E-state index in [9.17, 15) is 8.42 Å². The summed E-state index contributed by atoms with van der Waals surface area (Å²) in [6.45, 7) is 3.74. The van der Waals surface area contributed by atoms with Crippen LogP contribution in [0.4, 0.5) is 0 Å². The lowest BCUT2D eigenvalue weighted by molar-refractivity contribution is 0.498. The van der Waals surface area contributed by atoms with Crippen molar-refractivity contribution in [2.24, 2.45) is 12.8 Å². The number of sulfonamides is 1. The van der Waals surface area contributed by atoms with Gasteiger partial charge < -0.3 is 10.3 Å². The molecule has 0 atom stereocenters. The molecule has 0 unspecified atom stereocenters. The summed E-state index contributed by atoms with van der Waals surface area (Å²) in [4.78, 5) is 0.259. The van der Waals surface area contributed by atoms with E-state index in [2.05, 4.69) is 4.72 Å². The maximum atomic E-state index is 11.7. The second-order valence-electron chi connectivity index (χ2n) is 4.33. The smallest absolute Gasteiger partial charge is 0.242 e. The minimum Gasteiger partial charge on any atom is -0.356 e. The van der Waals surface area contributed by atoms with Gasteiger partial charge in [0.25, 0.3) is 0 Å². The fourth-order valence-electron chi connectivity index (χ4n) is 1.00. The fraction of sp³-hybridized carbons (Fsp3) is 0.556. The fourth-order valence-corrected chi connectivity index (χ4v) is 2.27. The van der Waals surface area contributed by atoms with Crippen LogP contribution in [0.5, 0.6) is 0 Å². The Kier molecular flexibility index (Phi) is 3.22. The van der Waals surface area contributed by atoms with E-state index in [1.807, 2.05) is 0 Å². The number of hydrogen-bond acceptors (Lipinski definition) is 3. The van der Waals surface area contributed by atoms with Crippen LogP contribution in [0.15, 0.2) is 23.4 Å². The molecule has 0 aromatic carbocycles. The molecular formula is C9H17N3O2S. The SMILES string of the molecule is Cn1ccc(S(=O)(=O)NCC(C)(C)N)c1. The van der Waals surface area contributed by atoms with Gasteiger partial charge in [-0.2, -0.15) is 0 Å². The Balaban J connectivity index is 2.77. The van der Waals surface area contributed by atoms with E-state index in [1.165, 1.54) is 0 Å². The van der Waals surface area contributed by atoms with Gasteiger partial charge in [0.1, 0.15) is 0 Å². The van der Waals surface area contributed by atoms with Crippen LogP contribution in [-0.2, 0) is 17.1 Å². The molecule has 0 aliphatic rings. The molecule has 6 heteroatoms. The lowest BCUT2D eigenvalue weighted by Crippen LogP contribution is -2.44. The van der Waals surface area contributed by atoms with Crippen molar-refractivity contribution in [3.05, 3.63) is 18.5 Å². The number of aromatic nitrogens is 1. The van der Waals surface area contributed by atoms with Crippen LogP contribution in [0.2, 0.25) is 0 Å². The first kappa shape index (κ1) is 12.2. The summed E-state index contributed by atoms with van der Waals surface area (Å²) >= 11 is 0. The van der Waals surface area contributed by atoms with E-state index < -0.39 is 15.6 Å². The number of nitrogens with two attached hydrogens (primary N) is 1. The third-order valence-electron chi connectivity index (χ3n) is 1.83. The first-order chi connectivity index (χ1) is 6.71. The number of aryl methyl sites for hydroxylation is 1. The van der Waals surface area contributed by atoms with Crippen molar-refractivity contribution in [2.45, 2.75) is 24.3 Å². The number of hydrogen-bond donors (Lipinski definition) is 2. The molecule has 0 saturated heterocycles. The van der Waals surface area contributed by atoms with Crippen molar-refractivity contribution < 1.29 is 8.42 Å². The van der Waals surface area contributed by atoms with Crippen molar-refractivity contribution >= 4 is 10.0 Å². The highest BCUT2D eigenvalue weighted by Crippen LogP contribution is 2.08. The second kappa shape index (κ2) is 3.96. The van der Waals surface area contributed by atoms with Gasteiger partial charge >= 0.3 is 0 Å². The average molecular weight is 231 g/mol. The Labute approximate surface area is 90.3 Å². The highest BCUT2D eigenvalue weighted by atomic mass is 32.2. The zero-order chi connectivity index (χ0) is 11.7. The normalized spacial score (nSPS) is 13.1. The molecule has 0 saturated carbocycles. The molecule has 3 N–H and O–H groups in total. The maximum Gasteiger partial charge on any atom is 0.242 e. The van der Waals surface area contributed by atoms with Crippen molar-refractivity contribution in [1.82, 2.24) is 9.29 Å². The van der Waals surface area contributed by atoms with Crippen LogP contribution in [-0.4, -0.2) is 25.1 Å². The van der Waals surface area contributed by atoms with Gasteiger partial charge in [0.15, 0.2) is 0 Å². The zero-order valence-electron chi connectivity index (χ0n) is 9.19. The third kappa shape index (κ3) is 3.65. The first-order valence-corrected chi connectivity index (χ1v) is 6.09. The Morgan fingerprint density at radius 3 is 2.53 bits per heavy atom. The summed E-state index contributed by atoms with van der Waals surface area (Å²) in [5, 5.41) is 0. The predicted molar refractivity (Wildman–Crippen MR) is 58.9 cm³/mol. The topological polar surface area (TPSA) is 77.1 Å². The van der Waals surface area contributed by atoms with Gasteiger partial charge in [-0.1, -0.05) is 0 Å². The van der Waals surface area contributed by atoms with E-state index >= 15 is 0 Å². The van der Waals surface area contributed by atoms with E-state index in [0.717, 1.165) is 0 Å². The lowest BCUT2D eigenvalue weighted by Gasteiger charge is -2.18. The summed E-state index contributed by atoms with van der Waals surface area (Å²) < 4.78 is 27.6. The van der Waals surface area contributed by atoms with Gasteiger partial charge in [0.2, 0.25) is 10.0 Å². The molecule has 0 radical (unpaired) electrons. The summed E-state index contributed by atoms with van der Waals surface area (Å²) in [5.74, 6) is 0. The average Bonchev–Trinajstić information content (AvgIpc) is 2.48. The highest BCUT2D eigenvalue weighted by Gasteiger charge is 2.19. The van der Waals surface area contributed by atoms with Gasteiger partial charge in [-0.15, -0.1) is 0 Å². The molecule has 0 fully saturated rings. The Morgan fingerprint density at radius 2 is 2.13 bits per heavy atom. The van der Waals surface area contributed by atoms with Crippen LogP contribution in [0.25, 0.3) is 0 Å². The molecule has 1 heterocycles. The second-order valence-corrected chi connectivity index (χ2v) is 6.09. The number of nitrogens with zero attached hydrogens (tertiary/aromatic N) is 1. The zero-order valence-corrected chi connectivity index (χ0v) is 10.0. The predicted octanol–water partition coefficient (Wildman–Crippen LogP) is 0.0407. The molecule has 0 spiro atoms. The Morgan fingerprint density at radius 1 is 1.53 bits per heavy atom. The van der Waals surface area contributed by atoms with Crippen molar-refractivity contribution in [2.75, 3.05) is 6.54 Å². The van der Waals surface area contributed by atoms with E-state index in [1.54, 1.807) is 43.9 Å². The Hall–Kier alpha value is -0.850. The molecule has 0 bridgehead atoms. The van der Waals surface area contributed by atoms with Gasteiger partial charge in [0, 0.05) is 31.5 Å². The van der Waals surface area contributed by atoms with Crippen LogP contribution in [0.1, 0.15) is 13.8 Å². The monoisotopic (exact) mass is 231 g/mol. The van der Waals surface area contributed by atoms with E-state index in [0.29, 0.717) is 0 Å². The molecule has 0 aliphatic carbocycles. The first-order valence-electron chi connectivity index (χ1n) is 4.61. The molecule has 1 aromatic heterocycles. The minimum atomic E-state index is -3.42. The molecular weight excluding hydrogens is 214 g/mol. The molecule has 1 rings (SSSR count). The molecule has 5 nitrogen and oxygen atoms in total. The summed E-state index contributed by atoms with van der Waals surface area (Å²) in [7, 11) is -1.65. The number of rotatable bonds is 4. The van der Waals surface area contributed by atoms with Gasteiger partial charge in [-0.3, -0.25) is 0 Å². The molecule has 86 valence electrons. The minimum absolute atomic E-state index is 0.213. The highest BCUT2D eigenvalue weighted by molar-refractivity contribution is 7.89. The number of nitrogens with one attached hydrogen (secondary N) is 1. The lowest BCUT2D eigenvalue weighted by atomic mass is 10.1. The van der Waals surface area contributed by atoms with Gasteiger partial charge in [-0.05, 0) is 19.9 Å². The van der Waals surface area contributed by atoms with Crippen LogP contribution in [0.3, 0.4) is 0 Å². The van der Waals surface area contributed by atoms with Crippen LogP contribution < -0.4 is 10.5 Å². The third-order valence-corrected chi connectivity index (χ3v) is 3.22. The van der Waals surface area contributed by atoms with Crippen LogP contribution >= 0.6 is 0 Å². The maximum absolute atomic E-state index is 11.7. The van der Waals surface area contributed by atoms with E-state index in [-0.39, 0.29) is 11.4 Å². The molecule has 0 aliphatic heterocycles. The summed E-state index contributed by atoms with van der Waals surface area (Å²) in [6, 6.07) is 1.55.